The third-order valence-corrected chi connectivity index (χ3v) is 4.22. The molecular formula is C17H21FN4O2. The molecule has 6 nitrogen and oxygen atoms in total. The summed E-state index contributed by atoms with van der Waals surface area (Å²) in [4.78, 5) is 16.4. The van der Waals surface area contributed by atoms with Gasteiger partial charge in [-0.2, -0.15) is 4.98 Å². The Bertz CT molecular complexity index is 680. The molecular weight excluding hydrogens is 311 g/mol. The lowest BCUT2D eigenvalue weighted by atomic mass is 10.2. The van der Waals surface area contributed by atoms with Gasteiger partial charge in [-0.25, -0.2) is 4.39 Å². The van der Waals surface area contributed by atoms with E-state index in [1.807, 2.05) is 6.92 Å². The third kappa shape index (κ3) is 4.17. The number of benzene rings is 1. The van der Waals surface area contributed by atoms with Gasteiger partial charge in [0, 0.05) is 11.6 Å². The molecule has 128 valence electrons. The zero-order valence-electron chi connectivity index (χ0n) is 13.6. The maximum Gasteiger partial charge on any atom is 0.240 e. The summed E-state index contributed by atoms with van der Waals surface area (Å²) in [5.41, 5.74) is 0.679. The highest BCUT2D eigenvalue weighted by Crippen LogP contribution is 2.18. The molecule has 1 aliphatic carbocycles. The largest absolute Gasteiger partial charge is 0.352 e. The molecule has 1 amide bonds. The molecule has 1 aliphatic rings. The number of amides is 1. The van der Waals surface area contributed by atoms with E-state index in [9.17, 15) is 9.18 Å². The maximum atomic E-state index is 12.9. The Morgan fingerprint density at radius 1 is 1.33 bits per heavy atom. The van der Waals surface area contributed by atoms with Crippen LogP contribution in [-0.4, -0.2) is 28.1 Å². The van der Waals surface area contributed by atoms with E-state index in [2.05, 4.69) is 20.8 Å². The molecule has 2 aromatic rings. The smallest absolute Gasteiger partial charge is 0.240 e. The number of carbonyl (C=O) groups is 1. The standard InChI is InChI=1S/C17H21FN4O2/c1-11(17(23)20-14-4-2-3-5-14)19-10-15-21-16(22-24-15)12-6-8-13(18)9-7-12/h6-9,11,14,19H,2-5,10H2,1H3,(H,20,23). The third-order valence-electron chi connectivity index (χ3n) is 4.22. The zero-order chi connectivity index (χ0) is 16.9. The van der Waals surface area contributed by atoms with Crippen LogP contribution in [-0.2, 0) is 11.3 Å². The van der Waals surface area contributed by atoms with Gasteiger partial charge in [0.05, 0.1) is 12.6 Å². The van der Waals surface area contributed by atoms with Crippen LogP contribution in [0.2, 0.25) is 0 Å². The normalized spacial score (nSPS) is 16.2. The molecule has 1 heterocycles. The fraction of sp³-hybridized carbons (Fsp3) is 0.471. The van der Waals surface area contributed by atoms with Crippen molar-refractivity contribution in [1.29, 1.82) is 0 Å². The number of nitrogens with one attached hydrogen (secondary N) is 2. The second-order valence-corrected chi connectivity index (χ2v) is 6.11. The molecule has 0 aliphatic heterocycles. The number of carbonyl (C=O) groups excluding carboxylic acids is 1. The first-order chi connectivity index (χ1) is 11.6. The molecule has 1 atom stereocenters. The monoisotopic (exact) mass is 332 g/mol. The van der Waals surface area contributed by atoms with Crippen molar-refractivity contribution in [3.63, 3.8) is 0 Å². The summed E-state index contributed by atoms with van der Waals surface area (Å²) < 4.78 is 18.1. The summed E-state index contributed by atoms with van der Waals surface area (Å²) in [5.74, 6) is 0.455. The van der Waals surface area contributed by atoms with Crippen molar-refractivity contribution >= 4 is 5.91 Å². The minimum atomic E-state index is -0.341. The number of nitrogens with zero attached hydrogens (tertiary/aromatic N) is 2. The molecule has 0 bridgehead atoms. The van der Waals surface area contributed by atoms with Gasteiger partial charge in [-0.15, -0.1) is 0 Å². The van der Waals surface area contributed by atoms with E-state index in [-0.39, 0.29) is 17.8 Å². The van der Waals surface area contributed by atoms with Gasteiger partial charge >= 0.3 is 0 Å². The van der Waals surface area contributed by atoms with Crippen LogP contribution >= 0.6 is 0 Å². The van der Waals surface area contributed by atoms with Crippen LogP contribution in [0, 0.1) is 5.82 Å². The van der Waals surface area contributed by atoms with E-state index in [0.29, 0.717) is 29.9 Å². The molecule has 1 aromatic heterocycles. The molecule has 0 saturated heterocycles. The van der Waals surface area contributed by atoms with Gasteiger partial charge in [-0.3, -0.25) is 10.1 Å². The first kappa shape index (κ1) is 16.6. The van der Waals surface area contributed by atoms with Crippen molar-refractivity contribution in [2.45, 2.75) is 51.2 Å². The lowest BCUT2D eigenvalue weighted by Gasteiger charge is -2.16. The lowest BCUT2D eigenvalue weighted by molar-refractivity contribution is -0.123. The van der Waals surface area contributed by atoms with Crippen LogP contribution in [0.1, 0.15) is 38.5 Å². The molecule has 0 radical (unpaired) electrons. The van der Waals surface area contributed by atoms with Gasteiger partial charge in [0.1, 0.15) is 5.82 Å². The molecule has 1 unspecified atom stereocenters. The summed E-state index contributed by atoms with van der Waals surface area (Å²) in [5, 5.41) is 10.00. The van der Waals surface area contributed by atoms with E-state index < -0.39 is 0 Å². The van der Waals surface area contributed by atoms with E-state index in [0.717, 1.165) is 12.8 Å². The van der Waals surface area contributed by atoms with Crippen molar-refractivity contribution in [3.05, 3.63) is 36.0 Å². The van der Waals surface area contributed by atoms with Gasteiger partial charge < -0.3 is 9.84 Å². The van der Waals surface area contributed by atoms with Gasteiger partial charge in [-0.05, 0) is 44.0 Å². The van der Waals surface area contributed by atoms with E-state index >= 15 is 0 Å². The van der Waals surface area contributed by atoms with Crippen molar-refractivity contribution in [2.75, 3.05) is 0 Å². The van der Waals surface area contributed by atoms with Crippen LogP contribution in [0.4, 0.5) is 4.39 Å². The van der Waals surface area contributed by atoms with Crippen molar-refractivity contribution in [3.8, 4) is 11.4 Å². The van der Waals surface area contributed by atoms with E-state index in [1.165, 1.54) is 25.0 Å². The number of hydrogen-bond acceptors (Lipinski definition) is 5. The van der Waals surface area contributed by atoms with Gasteiger partial charge in [0.25, 0.3) is 0 Å². The summed E-state index contributed by atoms with van der Waals surface area (Å²) in [6, 6.07) is 5.84. The molecule has 7 heteroatoms. The molecule has 1 aromatic carbocycles. The maximum absolute atomic E-state index is 12.9. The van der Waals surface area contributed by atoms with Crippen LogP contribution in [0.15, 0.2) is 28.8 Å². The molecule has 2 N–H and O–H groups in total. The van der Waals surface area contributed by atoms with Gasteiger partial charge in [0.15, 0.2) is 0 Å². The number of halogens is 1. The van der Waals surface area contributed by atoms with Crippen molar-refractivity contribution in [2.24, 2.45) is 0 Å². The Balaban J connectivity index is 1.51. The van der Waals surface area contributed by atoms with Gasteiger partial charge in [0.2, 0.25) is 17.6 Å². The average Bonchev–Trinajstić information content (AvgIpc) is 3.25. The predicted molar refractivity (Wildman–Crippen MR) is 86.4 cm³/mol. The summed E-state index contributed by atoms with van der Waals surface area (Å²) in [6.07, 6.45) is 4.48. The Labute approximate surface area is 139 Å². The number of hydrogen-bond donors (Lipinski definition) is 2. The van der Waals surface area contributed by atoms with Gasteiger partial charge in [-0.1, -0.05) is 18.0 Å². The van der Waals surface area contributed by atoms with E-state index in [1.54, 1.807) is 12.1 Å². The Hall–Kier alpha value is -2.28. The number of rotatable bonds is 6. The molecule has 0 spiro atoms. The second kappa shape index (κ2) is 7.53. The SMILES string of the molecule is CC(NCc1nc(-c2ccc(F)cc2)no1)C(=O)NC1CCCC1. The first-order valence-electron chi connectivity index (χ1n) is 8.24. The van der Waals surface area contributed by atoms with Crippen molar-refractivity contribution in [1.82, 2.24) is 20.8 Å². The highest BCUT2D eigenvalue weighted by Gasteiger charge is 2.20. The molecule has 24 heavy (non-hydrogen) atoms. The lowest BCUT2D eigenvalue weighted by Crippen LogP contribution is -2.45. The summed E-state index contributed by atoms with van der Waals surface area (Å²) >= 11 is 0. The molecule has 1 saturated carbocycles. The highest BCUT2D eigenvalue weighted by atomic mass is 19.1. The quantitative estimate of drug-likeness (QED) is 0.849. The van der Waals surface area contributed by atoms with Crippen LogP contribution in [0.5, 0.6) is 0 Å². The Morgan fingerprint density at radius 2 is 2.04 bits per heavy atom. The van der Waals surface area contributed by atoms with Crippen LogP contribution in [0.25, 0.3) is 11.4 Å². The fourth-order valence-corrected chi connectivity index (χ4v) is 2.77. The van der Waals surface area contributed by atoms with Crippen LogP contribution in [0.3, 0.4) is 0 Å². The highest BCUT2D eigenvalue weighted by molar-refractivity contribution is 5.81. The van der Waals surface area contributed by atoms with Crippen LogP contribution < -0.4 is 10.6 Å². The number of aromatic nitrogens is 2. The minimum Gasteiger partial charge on any atom is -0.352 e. The Kier molecular flexibility index (Phi) is 5.20. The Morgan fingerprint density at radius 3 is 2.75 bits per heavy atom. The molecule has 1 fully saturated rings. The summed E-state index contributed by atoms with van der Waals surface area (Å²) in [6.45, 7) is 2.11. The zero-order valence-corrected chi connectivity index (χ0v) is 13.6. The van der Waals surface area contributed by atoms with E-state index in [4.69, 9.17) is 4.52 Å². The fourth-order valence-electron chi connectivity index (χ4n) is 2.77. The molecule has 3 rings (SSSR count). The summed E-state index contributed by atoms with van der Waals surface area (Å²) in [7, 11) is 0. The first-order valence-corrected chi connectivity index (χ1v) is 8.24. The predicted octanol–water partition coefficient (Wildman–Crippen LogP) is 2.41. The average molecular weight is 332 g/mol. The van der Waals surface area contributed by atoms with Crippen molar-refractivity contribution < 1.29 is 13.7 Å². The second-order valence-electron chi connectivity index (χ2n) is 6.11. The topological polar surface area (TPSA) is 80.1 Å². The minimum absolute atomic E-state index is 0.0137.